The van der Waals surface area contributed by atoms with Gasteiger partial charge in [0.05, 0.1) is 22.7 Å². The zero-order valence-corrected chi connectivity index (χ0v) is 20.9. The molecule has 0 bridgehead atoms. The van der Waals surface area contributed by atoms with Gasteiger partial charge in [-0.3, -0.25) is 14.9 Å². The molecule has 0 unspecified atom stereocenters. The quantitative estimate of drug-likeness (QED) is 0.142. The number of carbonyl (C=O) groups excluding carboxylic acids is 1. The summed E-state index contributed by atoms with van der Waals surface area (Å²) in [5, 5.41) is 20.3. The number of carbonyl (C=O) groups is 1. The number of nitrogens with zero attached hydrogens (tertiary/aromatic N) is 3. The van der Waals surface area contributed by atoms with Crippen LogP contribution in [-0.4, -0.2) is 26.8 Å². The fourth-order valence-electron chi connectivity index (χ4n) is 4.29. The number of benzene rings is 3. The van der Waals surface area contributed by atoms with E-state index >= 15 is 0 Å². The number of nitro groups is 1. The number of hydrogen-bond donors (Lipinski definition) is 2. The summed E-state index contributed by atoms with van der Waals surface area (Å²) in [4.78, 5) is 23.8. The average Bonchev–Trinajstić information content (AvgIpc) is 3.25. The van der Waals surface area contributed by atoms with Crippen molar-refractivity contribution in [2.24, 2.45) is 0 Å². The maximum atomic E-state index is 14.0. The third-order valence-corrected chi connectivity index (χ3v) is 6.48. The number of halogens is 5. The van der Waals surface area contributed by atoms with Gasteiger partial charge in [0, 0.05) is 18.6 Å². The first kappa shape index (κ1) is 26.9. The highest BCUT2D eigenvalue weighted by Gasteiger charge is 2.47. The van der Waals surface area contributed by atoms with Crippen LogP contribution >= 0.6 is 11.6 Å². The molecule has 0 radical (unpaired) electrons. The summed E-state index contributed by atoms with van der Waals surface area (Å²) in [7, 11) is 0. The first-order valence-corrected chi connectivity index (χ1v) is 12.1. The van der Waals surface area contributed by atoms with Crippen molar-refractivity contribution in [2.75, 3.05) is 10.6 Å². The molecule has 2 heterocycles. The van der Waals surface area contributed by atoms with Crippen molar-refractivity contribution < 1.29 is 32.0 Å². The molecule has 1 aliphatic heterocycles. The van der Waals surface area contributed by atoms with Crippen LogP contribution in [0.15, 0.2) is 72.8 Å². The molecule has 40 heavy (non-hydrogen) atoms. The van der Waals surface area contributed by atoms with E-state index in [1.165, 1.54) is 18.2 Å². The fourth-order valence-corrected chi connectivity index (χ4v) is 4.55. The molecule has 1 aliphatic rings. The Bertz CT molecular complexity index is 1580. The fraction of sp³-hybridized carbons (Fsp3) is 0.154. The molecule has 0 aliphatic carbocycles. The standard InChI is InChI=1S/C26H18ClF4N5O4/c27-22-23(34-35-21(26(29,30)31)13-20(33-24(22)35)14-4-2-1-3-5-14)25(37)32-16-10-17(36(38)39)12-19(11-16)40-18-8-6-15(28)7-9-18/h1-12,20-21,33H,13H2,(H,32,37)/t20-,21+/m0/s1. The third-order valence-electron chi connectivity index (χ3n) is 6.12. The average molecular weight is 576 g/mol. The second kappa shape index (κ2) is 10.5. The van der Waals surface area contributed by atoms with Crippen molar-refractivity contribution in [3.63, 3.8) is 0 Å². The Balaban J connectivity index is 1.46. The predicted octanol–water partition coefficient (Wildman–Crippen LogP) is 7.29. The largest absolute Gasteiger partial charge is 0.457 e. The van der Waals surface area contributed by atoms with Crippen molar-refractivity contribution in [1.82, 2.24) is 9.78 Å². The number of nitro benzene ring substituents is 1. The monoisotopic (exact) mass is 575 g/mol. The molecular weight excluding hydrogens is 558 g/mol. The Morgan fingerprint density at radius 1 is 1.10 bits per heavy atom. The van der Waals surface area contributed by atoms with Gasteiger partial charge in [-0.1, -0.05) is 41.9 Å². The number of nitrogens with one attached hydrogen (secondary N) is 2. The van der Waals surface area contributed by atoms with E-state index in [-0.39, 0.29) is 28.0 Å². The van der Waals surface area contributed by atoms with Crippen molar-refractivity contribution in [2.45, 2.75) is 24.7 Å². The van der Waals surface area contributed by atoms with Gasteiger partial charge in [-0.25, -0.2) is 9.07 Å². The van der Waals surface area contributed by atoms with Gasteiger partial charge in [-0.2, -0.15) is 18.3 Å². The van der Waals surface area contributed by atoms with Gasteiger partial charge >= 0.3 is 6.18 Å². The van der Waals surface area contributed by atoms with E-state index in [2.05, 4.69) is 15.7 Å². The van der Waals surface area contributed by atoms with E-state index < -0.39 is 52.7 Å². The Morgan fingerprint density at radius 2 is 1.80 bits per heavy atom. The van der Waals surface area contributed by atoms with E-state index in [4.69, 9.17) is 16.3 Å². The van der Waals surface area contributed by atoms with Gasteiger partial charge in [0.25, 0.3) is 11.6 Å². The summed E-state index contributed by atoms with van der Waals surface area (Å²) < 4.78 is 61.5. The molecule has 2 N–H and O–H groups in total. The molecule has 5 rings (SSSR count). The second-order valence-corrected chi connectivity index (χ2v) is 9.22. The van der Waals surface area contributed by atoms with E-state index in [0.29, 0.717) is 10.2 Å². The maximum absolute atomic E-state index is 14.0. The number of ether oxygens (including phenoxy) is 1. The van der Waals surface area contributed by atoms with E-state index in [1.807, 2.05) is 0 Å². The SMILES string of the molecule is O=C(Nc1cc(Oc2ccc(F)cc2)cc([N+](=O)[O-])c1)c1nn2c(c1Cl)N[C@H](c1ccccc1)C[C@@H]2C(F)(F)F. The van der Waals surface area contributed by atoms with Crippen LogP contribution in [0.25, 0.3) is 0 Å². The molecule has 0 saturated carbocycles. The highest BCUT2D eigenvalue weighted by Crippen LogP contribution is 2.46. The lowest BCUT2D eigenvalue weighted by Gasteiger charge is -2.33. The van der Waals surface area contributed by atoms with Crippen LogP contribution < -0.4 is 15.4 Å². The van der Waals surface area contributed by atoms with Gasteiger partial charge in [0.2, 0.25) is 0 Å². The zero-order valence-electron chi connectivity index (χ0n) is 20.2. The Kier molecular flexibility index (Phi) is 7.06. The zero-order chi connectivity index (χ0) is 28.6. The summed E-state index contributed by atoms with van der Waals surface area (Å²) in [6, 6.07) is 13.9. The van der Waals surface area contributed by atoms with Crippen LogP contribution in [0.5, 0.6) is 11.5 Å². The molecule has 14 heteroatoms. The Morgan fingerprint density at radius 3 is 2.45 bits per heavy atom. The number of aromatic nitrogens is 2. The Labute approximate surface area is 228 Å². The molecule has 9 nitrogen and oxygen atoms in total. The van der Waals surface area contributed by atoms with Crippen LogP contribution in [0.2, 0.25) is 5.02 Å². The molecule has 0 spiro atoms. The van der Waals surface area contributed by atoms with Crippen molar-refractivity contribution in [3.05, 3.63) is 105 Å². The molecule has 0 saturated heterocycles. The molecule has 0 fully saturated rings. The topological polar surface area (TPSA) is 111 Å². The lowest BCUT2D eigenvalue weighted by Crippen LogP contribution is -2.35. The lowest BCUT2D eigenvalue weighted by molar-refractivity contribution is -0.384. The molecule has 206 valence electrons. The summed E-state index contributed by atoms with van der Waals surface area (Å²) in [6.07, 6.45) is -5.09. The number of rotatable bonds is 6. The minimum atomic E-state index is -4.69. The van der Waals surface area contributed by atoms with Crippen molar-refractivity contribution >= 4 is 34.7 Å². The molecular formula is C26H18ClF4N5O4. The number of anilines is 2. The van der Waals surface area contributed by atoms with E-state index in [9.17, 15) is 32.5 Å². The first-order valence-electron chi connectivity index (χ1n) is 11.7. The summed E-state index contributed by atoms with van der Waals surface area (Å²) in [6.45, 7) is 0. The summed E-state index contributed by atoms with van der Waals surface area (Å²) in [5.41, 5.74) is -0.480. The van der Waals surface area contributed by atoms with Gasteiger partial charge in [-0.15, -0.1) is 0 Å². The maximum Gasteiger partial charge on any atom is 0.410 e. The number of fused-ring (bicyclic) bond motifs is 1. The van der Waals surface area contributed by atoms with Gasteiger partial charge in [0.15, 0.2) is 11.7 Å². The highest BCUT2D eigenvalue weighted by atomic mass is 35.5. The smallest absolute Gasteiger partial charge is 0.410 e. The minimum absolute atomic E-state index is 0.0594. The molecule has 2 atom stereocenters. The van der Waals surface area contributed by atoms with E-state index in [1.54, 1.807) is 30.3 Å². The molecule has 3 aromatic carbocycles. The minimum Gasteiger partial charge on any atom is -0.457 e. The van der Waals surface area contributed by atoms with Gasteiger partial charge in [0.1, 0.15) is 28.2 Å². The molecule has 1 aromatic heterocycles. The molecule has 1 amide bonds. The normalized spacial score (nSPS) is 16.5. The number of hydrogen-bond acceptors (Lipinski definition) is 6. The van der Waals surface area contributed by atoms with Crippen LogP contribution in [0.1, 0.15) is 34.6 Å². The highest BCUT2D eigenvalue weighted by molar-refractivity contribution is 6.36. The third kappa shape index (κ3) is 5.54. The Hall–Kier alpha value is -4.65. The number of non-ortho nitro benzene ring substituents is 1. The van der Waals surface area contributed by atoms with E-state index in [0.717, 1.165) is 24.3 Å². The lowest BCUT2D eigenvalue weighted by atomic mass is 9.97. The van der Waals surface area contributed by atoms with Crippen molar-refractivity contribution in [1.29, 1.82) is 0 Å². The second-order valence-electron chi connectivity index (χ2n) is 8.84. The van der Waals surface area contributed by atoms with Gasteiger partial charge < -0.3 is 15.4 Å². The number of alkyl halides is 3. The number of amides is 1. The molecule has 4 aromatic rings. The van der Waals surface area contributed by atoms with Crippen LogP contribution in [0, 0.1) is 15.9 Å². The summed E-state index contributed by atoms with van der Waals surface area (Å²) in [5.74, 6) is -1.60. The van der Waals surface area contributed by atoms with Crippen LogP contribution in [-0.2, 0) is 0 Å². The van der Waals surface area contributed by atoms with Crippen LogP contribution in [0.3, 0.4) is 0 Å². The van der Waals surface area contributed by atoms with Gasteiger partial charge in [-0.05, 0) is 29.8 Å². The predicted molar refractivity (Wildman–Crippen MR) is 137 cm³/mol. The summed E-state index contributed by atoms with van der Waals surface area (Å²) >= 11 is 6.37. The van der Waals surface area contributed by atoms with Crippen molar-refractivity contribution in [3.8, 4) is 11.5 Å². The van der Waals surface area contributed by atoms with Crippen LogP contribution in [0.4, 0.5) is 34.8 Å². The first-order chi connectivity index (χ1) is 19.0.